The first-order chi connectivity index (χ1) is 9.10. The summed E-state index contributed by atoms with van der Waals surface area (Å²) in [5.41, 5.74) is 6.78. The average molecular weight is 267 g/mol. The van der Waals surface area contributed by atoms with Crippen LogP contribution >= 0.6 is 0 Å². The van der Waals surface area contributed by atoms with Crippen LogP contribution < -0.4 is 5.73 Å². The number of nitrogens with two attached hydrogens (primary N) is 1. The average Bonchev–Trinajstić information content (AvgIpc) is 2.42. The molecule has 106 valence electrons. The van der Waals surface area contributed by atoms with Crippen LogP contribution in [0.1, 0.15) is 44.6 Å². The van der Waals surface area contributed by atoms with Gasteiger partial charge in [-0.3, -0.25) is 0 Å². The Morgan fingerprint density at radius 3 is 2.79 bits per heavy atom. The largest absolute Gasteiger partial charge is 0.327 e. The second kappa shape index (κ2) is 6.47. The molecule has 1 aromatic rings. The Balaban J connectivity index is 1.98. The Morgan fingerprint density at radius 1 is 1.32 bits per heavy atom. The quantitative estimate of drug-likeness (QED) is 0.875. The van der Waals surface area contributed by atoms with E-state index in [0.29, 0.717) is 17.9 Å². The highest BCUT2D eigenvalue weighted by Crippen LogP contribution is 2.33. The lowest BCUT2D eigenvalue weighted by atomic mass is 9.76. The second-order valence-electron chi connectivity index (χ2n) is 5.80. The Kier molecular flexibility index (Phi) is 4.92. The van der Waals surface area contributed by atoms with Crippen LogP contribution in [0, 0.1) is 23.5 Å². The molecule has 1 fully saturated rings. The Bertz CT molecular complexity index is 419. The van der Waals surface area contributed by atoms with E-state index in [1.54, 1.807) is 0 Å². The van der Waals surface area contributed by atoms with E-state index in [4.69, 9.17) is 5.73 Å². The Morgan fingerprint density at radius 2 is 2.11 bits per heavy atom. The van der Waals surface area contributed by atoms with Gasteiger partial charge in [-0.15, -0.1) is 0 Å². The number of benzene rings is 1. The lowest BCUT2D eigenvalue weighted by Crippen LogP contribution is -2.35. The predicted octanol–water partition coefficient (Wildman–Crippen LogP) is 4.05. The van der Waals surface area contributed by atoms with Crippen LogP contribution in [-0.4, -0.2) is 6.04 Å². The van der Waals surface area contributed by atoms with Crippen LogP contribution in [0.2, 0.25) is 0 Å². The summed E-state index contributed by atoms with van der Waals surface area (Å²) < 4.78 is 26.5. The maximum atomic E-state index is 13.6. The molecule has 0 aromatic heterocycles. The summed E-state index contributed by atoms with van der Waals surface area (Å²) in [6.45, 7) is 2.22. The molecule has 3 unspecified atom stereocenters. The third kappa shape index (κ3) is 3.75. The highest BCUT2D eigenvalue weighted by molar-refractivity contribution is 5.19. The van der Waals surface area contributed by atoms with Gasteiger partial charge < -0.3 is 5.73 Å². The predicted molar refractivity (Wildman–Crippen MR) is 73.8 cm³/mol. The highest BCUT2D eigenvalue weighted by atomic mass is 19.1. The van der Waals surface area contributed by atoms with E-state index in [1.807, 2.05) is 0 Å². The third-order valence-electron chi connectivity index (χ3n) is 4.48. The van der Waals surface area contributed by atoms with Crippen molar-refractivity contribution < 1.29 is 8.78 Å². The minimum atomic E-state index is -0.529. The van der Waals surface area contributed by atoms with Gasteiger partial charge in [0.2, 0.25) is 0 Å². The summed E-state index contributed by atoms with van der Waals surface area (Å²) in [6.07, 6.45) is 6.52. The van der Waals surface area contributed by atoms with Crippen molar-refractivity contribution in [3.63, 3.8) is 0 Å². The first-order valence-corrected chi connectivity index (χ1v) is 7.29. The molecule has 0 saturated heterocycles. The standard InChI is InChI=1S/C16H23F2N/c1-2-11-4-3-5-13(8-11)16(19)9-12-6-7-14(17)10-15(12)18/h6-7,10-11,13,16H,2-5,8-9,19H2,1H3. The maximum absolute atomic E-state index is 13.6. The van der Waals surface area contributed by atoms with Gasteiger partial charge in [0.25, 0.3) is 0 Å². The number of hydrogen-bond donors (Lipinski definition) is 1. The van der Waals surface area contributed by atoms with Gasteiger partial charge >= 0.3 is 0 Å². The van der Waals surface area contributed by atoms with E-state index in [0.717, 1.165) is 24.8 Å². The molecule has 1 saturated carbocycles. The van der Waals surface area contributed by atoms with Gasteiger partial charge in [-0.25, -0.2) is 8.78 Å². The van der Waals surface area contributed by atoms with Gasteiger partial charge in [0.15, 0.2) is 0 Å². The zero-order valence-corrected chi connectivity index (χ0v) is 11.5. The van der Waals surface area contributed by atoms with Gasteiger partial charge in [-0.05, 0) is 42.7 Å². The molecule has 3 atom stereocenters. The molecule has 0 radical (unpaired) electrons. The van der Waals surface area contributed by atoms with Gasteiger partial charge in [0.1, 0.15) is 11.6 Å². The lowest BCUT2D eigenvalue weighted by Gasteiger charge is -2.32. The van der Waals surface area contributed by atoms with Crippen LogP contribution in [0.15, 0.2) is 18.2 Å². The topological polar surface area (TPSA) is 26.0 Å². The number of rotatable bonds is 4. The normalized spacial score (nSPS) is 25.3. The fraction of sp³-hybridized carbons (Fsp3) is 0.625. The smallest absolute Gasteiger partial charge is 0.129 e. The summed E-state index contributed by atoms with van der Waals surface area (Å²) in [6, 6.07) is 3.75. The zero-order valence-electron chi connectivity index (χ0n) is 11.5. The van der Waals surface area contributed by atoms with Crippen molar-refractivity contribution in [3.8, 4) is 0 Å². The fourth-order valence-corrected chi connectivity index (χ4v) is 3.20. The molecule has 0 aliphatic heterocycles. The van der Waals surface area contributed by atoms with Crippen LogP contribution in [0.5, 0.6) is 0 Å². The second-order valence-corrected chi connectivity index (χ2v) is 5.80. The van der Waals surface area contributed by atoms with Gasteiger partial charge in [0.05, 0.1) is 0 Å². The van der Waals surface area contributed by atoms with E-state index >= 15 is 0 Å². The van der Waals surface area contributed by atoms with Crippen LogP contribution in [0.3, 0.4) is 0 Å². The van der Waals surface area contributed by atoms with Crippen molar-refractivity contribution in [2.45, 2.75) is 51.5 Å². The summed E-state index contributed by atoms with van der Waals surface area (Å²) in [7, 11) is 0. The molecule has 2 rings (SSSR count). The van der Waals surface area contributed by atoms with Crippen LogP contribution in [-0.2, 0) is 6.42 Å². The molecule has 0 heterocycles. The van der Waals surface area contributed by atoms with Crippen molar-refractivity contribution in [1.82, 2.24) is 0 Å². The summed E-state index contributed by atoms with van der Waals surface area (Å²) in [4.78, 5) is 0. The van der Waals surface area contributed by atoms with E-state index in [9.17, 15) is 8.78 Å². The molecule has 1 aliphatic rings. The van der Waals surface area contributed by atoms with Gasteiger partial charge in [-0.1, -0.05) is 32.3 Å². The first-order valence-electron chi connectivity index (χ1n) is 7.29. The maximum Gasteiger partial charge on any atom is 0.129 e. The molecule has 1 aliphatic carbocycles. The Hall–Kier alpha value is -0.960. The van der Waals surface area contributed by atoms with Crippen LogP contribution in [0.25, 0.3) is 0 Å². The van der Waals surface area contributed by atoms with Gasteiger partial charge in [0, 0.05) is 12.1 Å². The third-order valence-corrected chi connectivity index (χ3v) is 4.48. The molecule has 0 spiro atoms. The van der Waals surface area contributed by atoms with Crippen LogP contribution in [0.4, 0.5) is 8.78 Å². The van der Waals surface area contributed by atoms with Crippen molar-refractivity contribution in [2.75, 3.05) is 0 Å². The molecular weight excluding hydrogens is 244 g/mol. The number of halogens is 2. The molecule has 3 heteroatoms. The molecule has 0 bridgehead atoms. The molecule has 1 aromatic carbocycles. The summed E-state index contributed by atoms with van der Waals surface area (Å²) in [5.74, 6) is 0.239. The van der Waals surface area contributed by atoms with Crippen molar-refractivity contribution in [1.29, 1.82) is 0 Å². The lowest BCUT2D eigenvalue weighted by molar-refractivity contribution is 0.228. The minimum Gasteiger partial charge on any atom is -0.327 e. The minimum absolute atomic E-state index is 0.0192. The highest BCUT2D eigenvalue weighted by Gasteiger charge is 2.26. The molecule has 19 heavy (non-hydrogen) atoms. The molecule has 0 amide bonds. The summed E-state index contributed by atoms with van der Waals surface area (Å²) >= 11 is 0. The zero-order chi connectivity index (χ0) is 13.8. The van der Waals surface area contributed by atoms with Crippen molar-refractivity contribution in [3.05, 3.63) is 35.4 Å². The van der Waals surface area contributed by atoms with Crippen molar-refractivity contribution >= 4 is 0 Å². The van der Waals surface area contributed by atoms with E-state index in [2.05, 4.69) is 6.92 Å². The SMILES string of the molecule is CCC1CCCC(C(N)Cc2ccc(F)cc2F)C1. The van der Waals surface area contributed by atoms with E-state index in [-0.39, 0.29) is 6.04 Å². The molecule has 2 N–H and O–H groups in total. The Labute approximate surface area is 114 Å². The molecular formula is C16H23F2N. The number of hydrogen-bond acceptors (Lipinski definition) is 1. The molecule has 1 nitrogen and oxygen atoms in total. The van der Waals surface area contributed by atoms with E-state index in [1.165, 1.54) is 31.4 Å². The monoisotopic (exact) mass is 267 g/mol. The summed E-state index contributed by atoms with van der Waals surface area (Å²) in [5, 5.41) is 0. The van der Waals surface area contributed by atoms with E-state index < -0.39 is 11.6 Å². The van der Waals surface area contributed by atoms with Gasteiger partial charge in [-0.2, -0.15) is 0 Å². The fourth-order valence-electron chi connectivity index (χ4n) is 3.20. The van der Waals surface area contributed by atoms with Crippen molar-refractivity contribution in [2.24, 2.45) is 17.6 Å². The first kappa shape index (κ1) is 14.4.